The molecule has 0 saturated heterocycles. The number of para-hydroxylation sites is 1. The molecular formula is C25H37N5. The van der Waals surface area contributed by atoms with E-state index in [4.69, 9.17) is 4.98 Å². The van der Waals surface area contributed by atoms with Gasteiger partial charge in [0.1, 0.15) is 0 Å². The molecule has 2 N–H and O–H groups in total. The Morgan fingerprint density at radius 2 is 1.37 bits per heavy atom. The van der Waals surface area contributed by atoms with Crippen LogP contribution in [0, 0.1) is 0 Å². The van der Waals surface area contributed by atoms with Crippen molar-refractivity contribution in [3.63, 3.8) is 0 Å². The molecule has 0 aliphatic heterocycles. The molecule has 5 heteroatoms. The third-order valence-electron chi connectivity index (χ3n) is 5.96. The number of pyridine rings is 1. The second-order valence-corrected chi connectivity index (χ2v) is 7.64. The number of hydrogen-bond acceptors (Lipinski definition) is 5. The zero-order valence-corrected chi connectivity index (χ0v) is 19.0. The van der Waals surface area contributed by atoms with Crippen molar-refractivity contribution in [2.75, 3.05) is 63.0 Å². The SMILES string of the molecule is CCN(CC)CCNc1ccc2nc3ccccc3cc2c1NCCN(CC)CC. The monoisotopic (exact) mass is 407 g/mol. The van der Waals surface area contributed by atoms with E-state index in [0.29, 0.717) is 0 Å². The van der Waals surface area contributed by atoms with Crippen LogP contribution in [0.5, 0.6) is 0 Å². The lowest BCUT2D eigenvalue weighted by Crippen LogP contribution is -2.29. The van der Waals surface area contributed by atoms with Gasteiger partial charge >= 0.3 is 0 Å². The van der Waals surface area contributed by atoms with Crippen molar-refractivity contribution in [2.24, 2.45) is 0 Å². The molecule has 0 amide bonds. The van der Waals surface area contributed by atoms with Crippen molar-refractivity contribution in [3.8, 4) is 0 Å². The van der Waals surface area contributed by atoms with E-state index in [1.807, 2.05) is 6.07 Å². The highest BCUT2D eigenvalue weighted by atomic mass is 15.1. The second kappa shape index (κ2) is 11.1. The average Bonchev–Trinajstić information content (AvgIpc) is 2.79. The lowest BCUT2D eigenvalue weighted by molar-refractivity contribution is 0.315. The summed E-state index contributed by atoms with van der Waals surface area (Å²) in [7, 11) is 0. The van der Waals surface area contributed by atoms with Gasteiger partial charge in [0.2, 0.25) is 0 Å². The largest absolute Gasteiger partial charge is 0.382 e. The summed E-state index contributed by atoms with van der Waals surface area (Å²) in [4.78, 5) is 9.79. The van der Waals surface area contributed by atoms with Crippen LogP contribution < -0.4 is 10.6 Å². The van der Waals surface area contributed by atoms with Crippen LogP contribution in [0.3, 0.4) is 0 Å². The zero-order chi connectivity index (χ0) is 21.3. The highest BCUT2D eigenvalue weighted by Gasteiger charge is 2.11. The van der Waals surface area contributed by atoms with Gasteiger partial charge in [-0.3, -0.25) is 0 Å². The molecule has 0 saturated carbocycles. The van der Waals surface area contributed by atoms with Gasteiger partial charge in [0.05, 0.1) is 22.4 Å². The van der Waals surface area contributed by atoms with E-state index < -0.39 is 0 Å². The molecule has 0 aliphatic rings. The van der Waals surface area contributed by atoms with E-state index in [1.165, 1.54) is 10.8 Å². The Morgan fingerprint density at radius 1 is 0.733 bits per heavy atom. The van der Waals surface area contributed by atoms with Crippen molar-refractivity contribution < 1.29 is 0 Å². The Kier molecular flexibility index (Phi) is 8.29. The molecule has 162 valence electrons. The van der Waals surface area contributed by atoms with Crippen molar-refractivity contribution >= 4 is 33.2 Å². The van der Waals surface area contributed by atoms with Gasteiger partial charge < -0.3 is 20.4 Å². The molecule has 3 aromatic rings. The van der Waals surface area contributed by atoms with Crippen LogP contribution in [-0.2, 0) is 0 Å². The number of fused-ring (bicyclic) bond motifs is 2. The number of nitrogens with zero attached hydrogens (tertiary/aromatic N) is 3. The third-order valence-corrected chi connectivity index (χ3v) is 5.96. The molecule has 0 atom stereocenters. The molecule has 2 aromatic carbocycles. The first kappa shape index (κ1) is 22.3. The van der Waals surface area contributed by atoms with Crippen LogP contribution in [0.4, 0.5) is 11.4 Å². The van der Waals surface area contributed by atoms with Crippen molar-refractivity contribution in [2.45, 2.75) is 27.7 Å². The fourth-order valence-electron chi connectivity index (χ4n) is 3.95. The fourth-order valence-corrected chi connectivity index (χ4v) is 3.95. The van der Waals surface area contributed by atoms with Crippen LogP contribution >= 0.6 is 0 Å². The molecule has 0 fully saturated rings. The minimum absolute atomic E-state index is 0.915. The zero-order valence-electron chi connectivity index (χ0n) is 19.0. The van der Waals surface area contributed by atoms with Gasteiger partial charge in [-0.15, -0.1) is 0 Å². The highest BCUT2D eigenvalue weighted by molar-refractivity contribution is 6.03. The third kappa shape index (κ3) is 5.41. The Morgan fingerprint density at radius 3 is 2.03 bits per heavy atom. The summed E-state index contributed by atoms with van der Waals surface area (Å²) in [6.07, 6.45) is 0. The number of hydrogen-bond donors (Lipinski definition) is 2. The topological polar surface area (TPSA) is 43.4 Å². The predicted octanol–water partition coefficient (Wildman–Crippen LogP) is 4.90. The first-order valence-electron chi connectivity index (χ1n) is 11.4. The van der Waals surface area contributed by atoms with Crippen LogP contribution in [0.1, 0.15) is 27.7 Å². The molecule has 3 rings (SSSR count). The molecule has 1 heterocycles. The quantitative estimate of drug-likeness (QED) is 0.418. The molecule has 1 aromatic heterocycles. The lowest BCUT2D eigenvalue weighted by Gasteiger charge is -2.22. The highest BCUT2D eigenvalue weighted by Crippen LogP contribution is 2.32. The molecule has 5 nitrogen and oxygen atoms in total. The van der Waals surface area contributed by atoms with Gasteiger partial charge in [-0.25, -0.2) is 4.98 Å². The van der Waals surface area contributed by atoms with Crippen LogP contribution in [0.15, 0.2) is 42.5 Å². The van der Waals surface area contributed by atoms with Crippen molar-refractivity contribution in [1.82, 2.24) is 14.8 Å². The summed E-state index contributed by atoms with van der Waals surface area (Å²) in [5.41, 5.74) is 4.40. The maximum absolute atomic E-state index is 4.90. The molecule has 0 spiro atoms. The van der Waals surface area contributed by atoms with E-state index in [0.717, 1.165) is 74.8 Å². The van der Waals surface area contributed by atoms with Crippen molar-refractivity contribution in [3.05, 3.63) is 42.5 Å². The van der Waals surface area contributed by atoms with E-state index >= 15 is 0 Å². The van der Waals surface area contributed by atoms with Gasteiger partial charge in [-0.1, -0.05) is 45.9 Å². The van der Waals surface area contributed by atoms with Gasteiger partial charge in [0.25, 0.3) is 0 Å². The van der Waals surface area contributed by atoms with Crippen LogP contribution in [0.2, 0.25) is 0 Å². The molecule has 0 radical (unpaired) electrons. The summed E-state index contributed by atoms with van der Waals surface area (Å²) in [5, 5.41) is 9.76. The summed E-state index contributed by atoms with van der Waals surface area (Å²) < 4.78 is 0. The van der Waals surface area contributed by atoms with E-state index in [1.54, 1.807) is 0 Å². The predicted molar refractivity (Wildman–Crippen MR) is 132 cm³/mol. The normalized spacial score (nSPS) is 11.7. The summed E-state index contributed by atoms with van der Waals surface area (Å²) >= 11 is 0. The Hall–Kier alpha value is -2.37. The molecular weight excluding hydrogens is 370 g/mol. The van der Waals surface area contributed by atoms with Gasteiger partial charge in [0, 0.05) is 37.0 Å². The second-order valence-electron chi connectivity index (χ2n) is 7.64. The summed E-state index contributed by atoms with van der Waals surface area (Å²) in [6, 6.07) is 14.9. The number of anilines is 2. The number of likely N-dealkylation sites (N-methyl/N-ethyl adjacent to an activating group) is 2. The smallest absolute Gasteiger partial charge is 0.0732 e. The Balaban J connectivity index is 1.89. The first-order valence-corrected chi connectivity index (χ1v) is 11.4. The van der Waals surface area contributed by atoms with E-state index in [9.17, 15) is 0 Å². The van der Waals surface area contributed by atoms with Gasteiger partial charge in [0.15, 0.2) is 0 Å². The van der Waals surface area contributed by atoms with Gasteiger partial charge in [-0.05, 0) is 50.4 Å². The standard InChI is InChI=1S/C25H37N5/c1-5-29(6-2)17-15-26-24-14-13-23-21(19-20-11-9-10-12-22(20)28-23)25(24)27-16-18-30(7-3)8-4/h9-14,19,26-27H,5-8,15-18H2,1-4H3. The number of nitrogens with one attached hydrogen (secondary N) is 2. The molecule has 0 unspecified atom stereocenters. The maximum atomic E-state index is 4.90. The number of aromatic nitrogens is 1. The van der Waals surface area contributed by atoms with Crippen molar-refractivity contribution in [1.29, 1.82) is 0 Å². The molecule has 30 heavy (non-hydrogen) atoms. The minimum Gasteiger partial charge on any atom is -0.382 e. The maximum Gasteiger partial charge on any atom is 0.0732 e. The van der Waals surface area contributed by atoms with Crippen LogP contribution in [0.25, 0.3) is 21.8 Å². The Labute approximate surface area is 181 Å². The molecule has 0 aliphatic carbocycles. The summed E-state index contributed by atoms with van der Waals surface area (Å²) in [6.45, 7) is 17.1. The Bertz CT molecular complexity index is 931. The van der Waals surface area contributed by atoms with Crippen LogP contribution in [-0.4, -0.2) is 67.1 Å². The average molecular weight is 408 g/mol. The fraction of sp³-hybridized carbons (Fsp3) is 0.480. The van der Waals surface area contributed by atoms with E-state index in [-0.39, 0.29) is 0 Å². The van der Waals surface area contributed by atoms with Gasteiger partial charge in [-0.2, -0.15) is 0 Å². The molecule has 0 bridgehead atoms. The van der Waals surface area contributed by atoms with E-state index in [2.05, 4.69) is 84.5 Å². The summed E-state index contributed by atoms with van der Waals surface area (Å²) in [5.74, 6) is 0. The number of rotatable bonds is 12. The number of benzene rings is 2. The minimum atomic E-state index is 0.915. The lowest BCUT2D eigenvalue weighted by atomic mass is 10.1. The first-order chi connectivity index (χ1) is 14.7.